The molecule has 5 rings (SSSR count). The molecule has 0 bridgehead atoms. The van der Waals surface area contributed by atoms with Gasteiger partial charge >= 0.3 is 0 Å². The smallest absolute Gasteiger partial charge is 0.125 e. The van der Waals surface area contributed by atoms with Crippen LogP contribution in [0.4, 0.5) is 0 Å². The summed E-state index contributed by atoms with van der Waals surface area (Å²) in [6.45, 7) is 2.25. The average Bonchev–Trinajstić information content (AvgIpc) is 2.92. The lowest BCUT2D eigenvalue weighted by Crippen LogP contribution is -2.44. The van der Waals surface area contributed by atoms with Crippen molar-refractivity contribution in [3.8, 4) is 5.75 Å². The zero-order chi connectivity index (χ0) is 19.8. The summed E-state index contributed by atoms with van der Waals surface area (Å²) in [6.07, 6.45) is 1.44. The number of piperidine rings is 1. The molecule has 4 heteroatoms. The summed E-state index contributed by atoms with van der Waals surface area (Å²) >= 11 is 3.64. The molecular formula is C25H24BrNO2. The highest BCUT2D eigenvalue weighted by Gasteiger charge is 2.38. The number of halogens is 1. The van der Waals surface area contributed by atoms with Crippen molar-refractivity contribution in [1.82, 2.24) is 4.90 Å². The third-order valence-corrected chi connectivity index (χ3v) is 6.79. The first-order valence-corrected chi connectivity index (χ1v) is 11.0. The van der Waals surface area contributed by atoms with Crippen LogP contribution in [-0.2, 0) is 12.2 Å². The van der Waals surface area contributed by atoms with Crippen LogP contribution in [0.25, 0.3) is 0 Å². The average molecular weight is 450 g/mol. The fraction of sp³-hybridized carbons (Fsp3) is 0.280. The topological polar surface area (TPSA) is 32.7 Å². The summed E-state index contributed by atoms with van der Waals surface area (Å²) in [7, 11) is 0. The highest BCUT2D eigenvalue weighted by atomic mass is 79.9. The van der Waals surface area contributed by atoms with E-state index in [2.05, 4.69) is 57.2 Å². The van der Waals surface area contributed by atoms with Gasteiger partial charge in [-0.25, -0.2) is 0 Å². The molecule has 148 valence electrons. The molecule has 3 aromatic rings. The number of ether oxygens (including phenoxy) is 1. The lowest BCUT2D eigenvalue weighted by Gasteiger charge is -2.42. The van der Waals surface area contributed by atoms with Gasteiger partial charge < -0.3 is 9.84 Å². The van der Waals surface area contributed by atoms with Gasteiger partial charge in [0.2, 0.25) is 0 Å². The maximum atomic E-state index is 11.3. The largest absolute Gasteiger partial charge is 0.489 e. The molecule has 3 aromatic carbocycles. The summed E-state index contributed by atoms with van der Waals surface area (Å²) in [6, 6.07) is 25.1. The van der Waals surface area contributed by atoms with Crippen molar-refractivity contribution in [3.05, 3.63) is 99.5 Å². The van der Waals surface area contributed by atoms with Crippen LogP contribution in [0.2, 0.25) is 0 Å². The molecule has 2 aliphatic heterocycles. The van der Waals surface area contributed by atoms with Gasteiger partial charge in [0, 0.05) is 23.1 Å². The number of nitrogens with zero attached hydrogens (tertiary/aromatic N) is 1. The first kappa shape index (κ1) is 18.9. The minimum Gasteiger partial charge on any atom is -0.489 e. The molecule has 2 heterocycles. The Morgan fingerprint density at radius 3 is 2.41 bits per heavy atom. The highest BCUT2D eigenvalue weighted by Crippen LogP contribution is 2.43. The Morgan fingerprint density at radius 1 is 0.897 bits per heavy atom. The van der Waals surface area contributed by atoms with Crippen LogP contribution in [0.3, 0.4) is 0 Å². The Balaban J connectivity index is 1.51. The predicted molar refractivity (Wildman–Crippen MR) is 118 cm³/mol. The monoisotopic (exact) mass is 449 g/mol. The van der Waals surface area contributed by atoms with E-state index >= 15 is 0 Å². The van der Waals surface area contributed by atoms with E-state index in [4.69, 9.17) is 4.74 Å². The maximum Gasteiger partial charge on any atom is 0.125 e. The van der Waals surface area contributed by atoms with Crippen molar-refractivity contribution in [2.24, 2.45) is 0 Å². The first-order valence-electron chi connectivity index (χ1n) is 10.2. The van der Waals surface area contributed by atoms with E-state index < -0.39 is 5.60 Å². The quantitative estimate of drug-likeness (QED) is 0.567. The van der Waals surface area contributed by atoms with Gasteiger partial charge in [-0.15, -0.1) is 0 Å². The van der Waals surface area contributed by atoms with Crippen LogP contribution in [0.15, 0.2) is 77.3 Å². The second-order valence-electron chi connectivity index (χ2n) is 8.01. The Labute approximate surface area is 180 Å². The highest BCUT2D eigenvalue weighted by molar-refractivity contribution is 9.10. The molecule has 0 spiro atoms. The van der Waals surface area contributed by atoms with Gasteiger partial charge in [0.15, 0.2) is 0 Å². The van der Waals surface area contributed by atoms with Crippen molar-refractivity contribution in [3.63, 3.8) is 0 Å². The van der Waals surface area contributed by atoms with Gasteiger partial charge in [-0.05, 0) is 47.7 Å². The van der Waals surface area contributed by atoms with Gasteiger partial charge in [0.05, 0.1) is 11.6 Å². The summed E-state index contributed by atoms with van der Waals surface area (Å²) in [4.78, 5) is 2.50. The molecule has 1 saturated heterocycles. The number of fused-ring (bicyclic) bond motifs is 2. The molecule has 2 aliphatic rings. The number of hydrogen-bond donors (Lipinski definition) is 1. The molecular weight excluding hydrogens is 426 g/mol. The van der Waals surface area contributed by atoms with Crippen LogP contribution >= 0.6 is 15.9 Å². The summed E-state index contributed by atoms with van der Waals surface area (Å²) in [5.74, 6) is 0.943. The normalized spacial score (nSPS) is 20.8. The molecule has 1 N–H and O–H groups in total. The van der Waals surface area contributed by atoms with Gasteiger partial charge in [-0.1, -0.05) is 70.5 Å². The first-order chi connectivity index (χ1) is 14.1. The Morgan fingerprint density at radius 2 is 1.62 bits per heavy atom. The van der Waals surface area contributed by atoms with E-state index in [-0.39, 0.29) is 6.04 Å². The molecule has 1 atom stereocenters. The van der Waals surface area contributed by atoms with Crippen LogP contribution in [0.5, 0.6) is 5.75 Å². The van der Waals surface area contributed by atoms with E-state index in [0.29, 0.717) is 6.61 Å². The van der Waals surface area contributed by atoms with Crippen molar-refractivity contribution in [1.29, 1.82) is 0 Å². The second-order valence-corrected chi connectivity index (χ2v) is 8.92. The van der Waals surface area contributed by atoms with Crippen molar-refractivity contribution < 1.29 is 9.84 Å². The molecule has 3 nitrogen and oxygen atoms in total. The number of hydrogen-bond acceptors (Lipinski definition) is 3. The van der Waals surface area contributed by atoms with Crippen LogP contribution < -0.4 is 4.74 Å². The molecule has 0 saturated carbocycles. The van der Waals surface area contributed by atoms with E-state index in [0.717, 1.165) is 41.7 Å². The van der Waals surface area contributed by atoms with E-state index in [1.165, 1.54) is 16.7 Å². The minimum atomic E-state index is -0.751. The lowest BCUT2D eigenvalue weighted by atomic mass is 9.83. The van der Waals surface area contributed by atoms with Gasteiger partial charge in [0.1, 0.15) is 12.4 Å². The molecule has 29 heavy (non-hydrogen) atoms. The van der Waals surface area contributed by atoms with Crippen molar-refractivity contribution >= 4 is 15.9 Å². The zero-order valence-electron chi connectivity index (χ0n) is 16.2. The lowest BCUT2D eigenvalue weighted by molar-refractivity contribution is -0.0325. The Hall–Kier alpha value is -2.14. The molecule has 0 radical (unpaired) electrons. The molecule has 1 unspecified atom stereocenters. The summed E-state index contributed by atoms with van der Waals surface area (Å²) in [5, 5.41) is 11.3. The number of rotatable bonds is 2. The Bertz CT molecular complexity index is 1010. The standard InChI is InChI=1S/C25H24BrNO2/c26-20-10-11-23-22(16-20)24(21-9-5-4-6-18(21)17-29-23)27-14-12-25(28,13-15-27)19-7-2-1-3-8-19/h1-11,16,24,28H,12-15,17H2. The van der Waals surface area contributed by atoms with E-state index in [9.17, 15) is 5.11 Å². The van der Waals surface area contributed by atoms with E-state index in [1.54, 1.807) is 0 Å². The fourth-order valence-electron chi connectivity index (χ4n) is 4.70. The zero-order valence-corrected chi connectivity index (χ0v) is 17.8. The van der Waals surface area contributed by atoms with Crippen molar-refractivity contribution in [2.75, 3.05) is 13.1 Å². The number of likely N-dealkylation sites (tertiary alicyclic amines) is 1. The molecule has 1 fully saturated rings. The third kappa shape index (κ3) is 3.50. The third-order valence-electron chi connectivity index (χ3n) is 6.30. The van der Waals surface area contributed by atoms with Crippen LogP contribution in [-0.4, -0.2) is 23.1 Å². The van der Waals surface area contributed by atoms with Gasteiger partial charge in [0.25, 0.3) is 0 Å². The Kier molecular flexibility index (Phi) is 4.94. The maximum absolute atomic E-state index is 11.3. The van der Waals surface area contributed by atoms with Gasteiger partial charge in [-0.3, -0.25) is 4.90 Å². The molecule has 0 aromatic heterocycles. The number of aliphatic hydroxyl groups is 1. The predicted octanol–water partition coefficient (Wildman–Crippen LogP) is 5.41. The molecule has 0 aliphatic carbocycles. The van der Waals surface area contributed by atoms with E-state index in [1.807, 2.05) is 36.4 Å². The van der Waals surface area contributed by atoms with Crippen LogP contribution in [0, 0.1) is 0 Å². The SMILES string of the molecule is OC1(c2ccccc2)CCN(C2c3ccccc3COc3ccc(Br)cc32)CC1. The number of benzene rings is 3. The summed E-state index contributed by atoms with van der Waals surface area (Å²) < 4.78 is 7.22. The van der Waals surface area contributed by atoms with Crippen molar-refractivity contribution in [2.45, 2.75) is 31.1 Å². The second kappa shape index (κ2) is 7.60. The fourth-order valence-corrected chi connectivity index (χ4v) is 5.08. The van der Waals surface area contributed by atoms with Gasteiger partial charge in [-0.2, -0.15) is 0 Å². The molecule has 0 amide bonds. The minimum absolute atomic E-state index is 0.126. The van der Waals surface area contributed by atoms with Crippen LogP contribution in [0.1, 0.15) is 41.1 Å². The summed E-state index contributed by atoms with van der Waals surface area (Å²) in [5.41, 5.74) is 3.99.